The van der Waals surface area contributed by atoms with Crippen molar-refractivity contribution < 1.29 is 37.0 Å². The zero-order valence-corrected chi connectivity index (χ0v) is 23.1. The van der Waals surface area contributed by atoms with Gasteiger partial charge in [0, 0.05) is 10.6 Å². The topological polar surface area (TPSA) is 84.9 Å². The van der Waals surface area contributed by atoms with Gasteiger partial charge in [-0.15, -0.1) is 6.58 Å². The quantitative estimate of drug-likeness (QED) is 0.157. The first-order valence-corrected chi connectivity index (χ1v) is 13.2. The summed E-state index contributed by atoms with van der Waals surface area (Å²) in [7, 11) is 1.47. The van der Waals surface area contributed by atoms with Crippen LogP contribution in [0.3, 0.4) is 0 Å². The fourth-order valence-electron chi connectivity index (χ4n) is 3.87. The minimum absolute atomic E-state index is 0.0308. The van der Waals surface area contributed by atoms with Crippen LogP contribution < -0.4 is 14.8 Å². The molecule has 0 saturated carbocycles. The number of benzene rings is 3. The lowest BCUT2D eigenvalue weighted by Crippen LogP contribution is -2.36. The highest BCUT2D eigenvalue weighted by Gasteiger charge is 2.36. The number of imide groups is 1. The molecule has 212 valence electrons. The molecule has 4 rings (SSSR count). The molecule has 12 heteroatoms. The summed E-state index contributed by atoms with van der Waals surface area (Å²) in [6.07, 6.45) is 3.56. The number of hydrogen-bond donors (Lipinski definition) is 1. The van der Waals surface area contributed by atoms with Crippen LogP contribution in [0.25, 0.3) is 6.08 Å². The minimum Gasteiger partial charge on any atom is -0.493 e. The molecule has 0 aliphatic carbocycles. The van der Waals surface area contributed by atoms with Crippen LogP contribution in [0, 0.1) is 17.5 Å². The van der Waals surface area contributed by atoms with Crippen molar-refractivity contribution in [3.8, 4) is 11.5 Å². The normalized spacial score (nSPS) is 14.0. The van der Waals surface area contributed by atoms with Gasteiger partial charge in [-0.05, 0) is 71.8 Å². The third-order valence-corrected chi connectivity index (χ3v) is 6.98. The van der Waals surface area contributed by atoms with Crippen molar-refractivity contribution in [1.29, 1.82) is 0 Å². The van der Waals surface area contributed by atoms with Gasteiger partial charge in [0.15, 0.2) is 29.0 Å². The molecule has 3 amide bonds. The van der Waals surface area contributed by atoms with Gasteiger partial charge in [0.1, 0.15) is 13.2 Å². The first kappa shape index (κ1) is 29.8. The Hall–Kier alpha value is -4.22. The number of nitrogens with zero attached hydrogens (tertiary/aromatic N) is 1. The second-order valence-corrected chi connectivity index (χ2v) is 10.1. The second-order valence-electron chi connectivity index (χ2n) is 8.66. The molecule has 0 unspecified atom stereocenters. The largest absolute Gasteiger partial charge is 0.493 e. The average Bonchev–Trinajstić information content (AvgIpc) is 3.20. The van der Waals surface area contributed by atoms with Gasteiger partial charge in [-0.1, -0.05) is 29.8 Å². The molecule has 3 aromatic carbocycles. The van der Waals surface area contributed by atoms with E-state index >= 15 is 0 Å². The molecule has 1 heterocycles. The lowest BCUT2D eigenvalue weighted by molar-refractivity contribution is -0.127. The predicted molar refractivity (Wildman–Crippen MR) is 150 cm³/mol. The zero-order valence-electron chi connectivity index (χ0n) is 21.5. The third-order valence-electron chi connectivity index (χ3n) is 5.82. The Balaban J connectivity index is 1.52. The number of amides is 3. The number of carbonyl (C=O) groups is 3. The second kappa shape index (κ2) is 13.0. The Morgan fingerprint density at radius 2 is 1.83 bits per heavy atom. The number of methoxy groups -OCH3 is 1. The number of thioether (sulfide) groups is 1. The molecule has 7 nitrogen and oxygen atoms in total. The van der Waals surface area contributed by atoms with Crippen molar-refractivity contribution in [2.45, 2.75) is 13.0 Å². The van der Waals surface area contributed by atoms with Gasteiger partial charge in [0.2, 0.25) is 5.91 Å². The van der Waals surface area contributed by atoms with Crippen molar-refractivity contribution in [2.75, 3.05) is 19.0 Å². The number of allylic oxidation sites excluding steroid dienone is 1. The highest BCUT2D eigenvalue weighted by molar-refractivity contribution is 8.18. The molecule has 1 N–H and O–H groups in total. The number of hydrogen-bond acceptors (Lipinski definition) is 6. The standard InChI is InChI=1S/C29H22ClF3N2O5S/c1-3-4-18-11-17(12-22(39-2)27(18)40-15-16-5-7-19(30)8-6-16)13-23-28(37)35(29(38)41-23)14-24(36)34-21-10-9-20(31)25(32)26(21)33/h3,5-13H,1,4,14-15H2,2H3,(H,34,36)/b23-13-. The Labute approximate surface area is 242 Å². The Morgan fingerprint density at radius 1 is 1.10 bits per heavy atom. The highest BCUT2D eigenvalue weighted by atomic mass is 35.5. The third kappa shape index (κ3) is 6.93. The van der Waals surface area contributed by atoms with E-state index in [1.807, 2.05) is 17.4 Å². The maximum Gasteiger partial charge on any atom is 0.294 e. The van der Waals surface area contributed by atoms with Crippen LogP contribution in [0.4, 0.5) is 23.7 Å². The fourth-order valence-corrected chi connectivity index (χ4v) is 4.83. The van der Waals surface area contributed by atoms with Crippen LogP contribution in [0.2, 0.25) is 5.02 Å². The van der Waals surface area contributed by atoms with E-state index in [0.29, 0.717) is 56.8 Å². The van der Waals surface area contributed by atoms with E-state index in [1.54, 1.807) is 30.3 Å². The van der Waals surface area contributed by atoms with Crippen molar-refractivity contribution in [1.82, 2.24) is 4.90 Å². The average molecular weight is 603 g/mol. The maximum atomic E-state index is 13.9. The van der Waals surface area contributed by atoms with E-state index in [4.69, 9.17) is 21.1 Å². The monoisotopic (exact) mass is 602 g/mol. The summed E-state index contributed by atoms with van der Waals surface area (Å²) >= 11 is 6.56. The van der Waals surface area contributed by atoms with Crippen LogP contribution in [0.5, 0.6) is 11.5 Å². The molecule has 0 bridgehead atoms. The molecule has 0 radical (unpaired) electrons. The zero-order chi connectivity index (χ0) is 29.7. The van der Waals surface area contributed by atoms with Gasteiger partial charge in [-0.3, -0.25) is 19.3 Å². The summed E-state index contributed by atoms with van der Waals surface area (Å²) in [6, 6.07) is 12.0. The van der Waals surface area contributed by atoms with Gasteiger partial charge in [-0.2, -0.15) is 0 Å². The molecular formula is C29H22ClF3N2O5S. The summed E-state index contributed by atoms with van der Waals surface area (Å²) < 4.78 is 52.1. The van der Waals surface area contributed by atoms with E-state index in [9.17, 15) is 27.6 Å². The Morgan fingerprint density at radius 3 is 2.51 bits per heavy atom. The van der Waals surface area contributed by atoms with Gasteiger partial charge in [0.05, 0.1) is 17.7 Å². The predicted octanol–water partition coefficient (Wildman–Crippen LogP) is 6.75. The van der Waals surface area contributed by atoms with Crippen LogP contribution in [-0.2, 0) is 22.6 Å². The number of carbonyl (C=O) groups excluding carboxylic acids is 3. The van der Waals surface area contributed by atoms with E-state index < -0.39 is 46.7 Å². The van der Waals surface area contributed by atoms with Crippen LogP contribution in [-0.4, -0.2) is 35.6 Å². The molecule has 1 fully saturated rings. The molecule has 1 aliphatic rings. The van der Waals surface area contributed by atoms with Crippen LogP contribution >= 0.6 is 23.4 Å². The molecule has 3 aromatic rings. The summed E-state index contributed by atoms with van der Waals surface area (Å²) in [5.41, 5.74) is 1.50. The van der Waals surface area contributed by atoms with Crippen molar-refractivity contribution in [3.63, 3.8) is 0 Å². The van der Waals surface area contributed by atoms with E-state index in [-0.39, 0.29) is 11.5 Å². The summed E-state index contributed by atoms with van der Waals surface area (Å²) in [5, 5.41) is 1.91. The Kier molecular flexibility index (Phi) is 9.41. The first-order chi connectivity index (χ1) is 19.6. The molecule has 0 spiro atoms. The SMILES string of the molecule is C=CCc1cc(/C=C2\SC(=O)N(CC(=O)Nc3ccc(F)c(F)c3F)C2=O)cc(OC)c1OCc1ccc(Cl)cc1. The number of nitrogens with one attached hydrogen (secondary N) is 1. The number of anilines is 1. The summed E-state index contributed by atoms with van der Waals surface area (Å²) in [5.74, 6) is -5.65. The van der Waals surface area contributed by atoms with Gasteiger partial charge in [-0.25, -0.2) is 13.2 Å². The minimum atomic E-state index is -1.76. The van der Waals surface area contributed by atoms with Crippen molar-refractivity contribution in [3.05, 3.63) is 105 Å². The van der Waals surface area contributed by atoms with Crippen LogP contribution in [0.15, 0.2) is 66.1 Å². The molecule has 1 saturated heterocycles. The molecular weight excluding hydrogens is 581 g/mol. The lowest BCUT2D eigenvalue weighted by atomic mass is 10.0. The maximum absolute atomic E-state index is 13.9. The van der Waals surface area contributed by atoms with E-state index in [1.165, 1.54) is 13.2 Å². The number of halogens is 4. The molecule has 41 heavy (non-hydrogen) atoms. The van der Waals surface area contributed by atoms with Gasteiger partial charge in [0.25, 0.3) is 11.1 Å². The Bertz CT molecular complexity index is 1560. The van der Waals surface area contributed by atoms with Gasteiger partial charge >= 0.3 is 0 Å². The van der Waals surface area contributed by atoms with Crippen molar-refractivity contribution >= 4 is 52.2 Å². The lowest BCUT2D eigenvalue weighted by Gasteiger charge is -2.16. The first-order valence-electron chi connectivity index (χ1n) is 12.0. The number of ether oxygens (including phenoxy) is 2. The van der Waals surface area contributed by atoms with E-state index in [0.717, 1.165) is 11.6 Å². The summed E-state index contributed by atoms with van der Waals surface area (Å²) in [4.78, 5) is 38.6. The smallest absolute Gasteiger partial charge is 0.294 e. The molecule has 0 atom stereocenters. The highest BCUT2D eigenvalue weighted by Crippen LogP contribution is 2.37. The van der Waals surface area contributed by atoms with Gasteiger partial charge < -0.3 is 14.8 Å². The molecule has 0 aromatic heterocycles. The van der Waals surface area contributed by atoms with Crippen LogP contribution in [0.1, 0.15) is 16.7 Å². The molecule has 1 aliphatic heterocycles. The van der Waals surface area contributed by atoms with Crippen molar-refractivity contribution in [2.24, 2.45) is 0 Å². The summed E-state index contributed by atoms with van der Waals surface area (Å²) in [6.45, 7) is 3.26. The van der Waals surface area contributed by atoms with E-state index in [2.05, 4.69) is 6.58 Å². The fraction of sp³-hybridized carbons (Fsp3) is 0.138. The number of rotatable bonds is 10.